The van der Waals surface area contributed by atoms with Crippen LogP contribution in [-0.2, 0) is 0 Å². The molecule has 2 aromatic rings. The van der Waals surface area contributed by atoms with Gasteiger partial charge < -0.3 is 10.5 Å². The smallest absolute Gasteiger partial charge is 0.119 e. The highest BCUT2D eigenvalue weighted by molar-refractivity contribution is 14.1. The van der Waals surface area contributed by atoms with Crippen LogP contribution in [0, 0.1) is 3.57 Å². The minimum absolute atomic E-state index is 0.0805. The van der Waals surface area contributed by atoms with Gasteiger partial charge in [0.15, 0.2) is 0 Å². The first kappa shape index (κ1) is 12.9. The molecule has 3 rings (SSSR count). The summed E-state index contributed by atoms with van der Waals surface area (Å²) in [6.45, 7) is 0. The molecule has 1 atom stereocenters. The van der Waals surface area contributed by atoms with Gasteiger partial charge in [0.05, 0.1) is 12.1 Å². The number of halogens is 1. The zero-order valence-electron chi connectivity index (χ0n) is 10.6. The molecule has 3 heteroatoms. The standard InChI is InChI=1S/C16H16INO/c17-15-4-2-1-3-14(15)16(18)11-5-7-12(8-6-11)19-13-9-10-13/h1-8,13,16H,9-10,18H2. The molecule has 98 valence electrons. The molecule has 0 radical (unpaired) electrons. The lowest BCUT2D eigenvalue weighted by molar-refractivity contribution is 0.303. The zero-order chi connectivity index (χ0) is 13.2. The molecule has 1 aliphatic rings. The Hall–Kier alpha value is -1.07. The van der Waals surface area contributed by atoms with Gasteiger partial charge in [0, 0.05) is 3.57 Å². The first-order valence-corrected chi connectivity index (χ1v) is 7.58. The van der Waals surface area contributed by atoms with Crippen LogP contribution in [0.15, 0.2) is 48.5 Å². The van der Waals surface area contributed by atoms with E-state index in [2.05, 4.69) is 46.9 Å². The van der Waals surface area contributed by atoms with E-state index in [1.54, 1.807) is 0 Å². The lowest BCUT2D eigenvalue weighted by Gasteiger charge is -2.15. The van der Waals surface area contributed by atoms with Gasteiger partial charge in [-0.15, -0.1) is 0 Å². The number of hydrogen-bond donors (Lipinski definition) is 1. The predicted molar refractivity (Wildman–Crippen MR) is 85.3 cm³/mol. The van der Waals surface area contributed by atoms with E-state index in [1.165, 1.54) is 22.0 Å². The Morgan fingerprint density at radius 3 is 2.37 bits per heavy atom. The molecule has 0 aromatic heterocycles. The van der Waals surface area contributed by atoms with Crippen molar-refractivity contribution < 1.29 is 4.74 Å². The van der Waals surface area contributed by atoms with Crippen molar-refractivity contribution in [2.24, 2.45) is 5.73 Å². The van der Waals surface area contributed by atoms with Crippen molar-refractivity contribution in [2.75, 3.05) is 0 Å². The SMILES string of the molecule is NC(c1ccc(OC2CC2)cc1)c1ccccc1I. The van der Waals surface area contributed by atoms with Crippen LogP contribution in [0.2, 0.25) is 0 Å². The summed E-state index contributed by atoms with van der Waals surface area (Å²) < 4.78 is 6.95. The Labute approximate surface area is 127 Å². The molecular weight excluding hydrogens is 349 g/mol. The second kappa shape index (κ2) is 5.51. The summed E-state index contributed by atoms with van der Waals surface area (Å²) in [4.78, 5) is 0. The Kier molecular flexibility index (Phi) is 3.75. The molecule has 0 saturated heterocycles. The molecule has 2 nitrogen and oxygen atoms in total. The maximum atomic E-state index is 6.34. The van der Waals surface area contributed by atoms with Gasteiger partial charge in [-0.3, -0.25) is 0 Å². The second-order valence-corrected chi connectivity index (χ2v) is 6.05. The van der Waals surface area contributed by atoms with E-state index in [0.717, 1.165) is 11.3 Å². The van der Waals surface area contributed by atoms with E-state index < -0.39 is 0 Å². The van der Waals surface area contributed by atoms with Crippen molar-refractivity contribution in [3.8, 4) is 5.75 Å². The molecule has 0 amide bonds. The molecule has 2 N–H and O–H groups in total. The molecule has 1 saturated carbocycles. The number of hydrogen-bond acceptors (Lipinski definition) is 2. The fourth-order valence-electron chi connectivity index (χ4n) is 2.04. The van der Waals surface area contributed by atoms with Crippen LogP contribution in [0.1, 0.15) is 30.0 Å². The van der Waals surface area contributed by atoms with Gasteiger partial charge in [0.25, 0.3) is 0 Å². The average molecular weight is 365 g/mol. The number of ether oxygens (including phenoxy) is 1. The van der Waals surface area contributed by atoms with Gasteiger partial charge in [-0.25, -0.2) is 0 Å². The van der Waals surface area contributed by atoms with E-state index in [0.29, 0.717) is 6.10 Å². The lowest BCUT2D eigenvalue weighted by atomic mass is 10.00. The van der Waals surface area contributed by atoms with Crippen molar-refractivity contribution in [2.45, 2.75) is 25.0 Å². The van der Waals surface area contributed by atoms with Gasteiger partial charge in [0.2, 0.25) is 0 Å². The van der Waals surface area contributed by atoms with E-state index in [9.17, 15) is 0 Å². The zero-order valence-corrected chi connectivity index (χ0v) is 12.7. The molecule has 1 fully saturated rings. The van der Waals surface area contributed by atoms with Crippen LogP contribution in [0.5, 0.6) is 5.75 Å². The summed E-state index contributed by atoms with van der Waals surface area (Å²) >= 11 is 2.33. The fraction of sp³-hybridized carbons (Fsp3) is 0.250. The molecule has 1 aliphatic carbocycles. The van der Waals surface area contributed by atoms with Crippen LogP contribution < -0.4 is 10.5 Å². The minimum atomic E-state index is -0.0805. The van der Waals surface area contributed by atoms with Crippen LogP contribution in [0.3, 0.4) is 0 Å². The average Bonchev–Trinajstić information content (AvgIpc) is 3.23. The normalized spacial score (nSPS) is 16.1. The minimum Gasteiger partial charge on any atom is -0.490 e. The third-order valence-corrected chi connectivity index (χ3v) is 4.29. The third kappa shape index (κ3) is 3.09. The van der Waals surface area contributed by atoms with Crippen molar-refractivity contribution >= 4 is 22.6 Å². The van der Waals surface area contributed by atoms with Crippen molar-refractivity contribution in [1.29, 1.82) is 0 Å². The Bertz CT molecular complexity index is 563. The Morgan fingerprint density at radius 1 is 1.05 bits per heavy atom. The Morgan fingerprint density at radius 2 is 1.74 bits per heavy atom. The summed E-state index contributed by atoms with van der Waals surface area (Å²) in [5, 5.41) is 0. The lowest BCUT2D eigenvalue weighted by Crippen LogP contribution is -2.13. The maximum absolute atomic E-state index is 6.34. The summed E-state index contributed by atoms with van der Waals surface area (Å²) in [5.74, 6) is 0.946. The highest BCUT2D eigenvalue weighted by atomic mass is 127. The number of nitrogens with two attached hydrogens (primary N) is 1. The van der Waals surface area contributed by atoms with Crippen molar-refractivity contribution in [3.05, 3.63) is 63.2 Å². The van der Waals surface area contributed by atoms with Gasteiger partial charge >= 0.3 is 0 Å². The van der Waals surface area contributed by atoms with Crippen LogP contribution in [0.4, 0.5) is 0 Å². The summed E-state index contributed by atoms with van der Waals surface area (Å²) in [7, 11) is 0. The predicted octanol–water partition coefficient (Wildman–Crippen LogP) is 3.88. The summed E-state index contributed by atoms with van der Waals surface area (Å²) in [6.07, 6.45) is 2.81. The van der Waals surface area contributed by atoms with Crippen LogP contribution >= 0.6 is 22.6 Å². The molecule has 2 aromatic carbocycles. The first-order chi connectivity index (χ1) is 9.24. The highest BCUT2D eigenvalue weighted by Gasteiger charge is 2.23. The largest absolute Gasteiger partial charge is 0.490 e. The summed E-state index contributed by atoms with van der Waals surface area (Å²) in [5.41, 5.74) is 8.62. The fourth-order valence-corrected chi connectivity index (χ4v) is 2.76. The molecule has 1 unspecified atom stereocenters. The van der Waals surface area contributed by atoms with E-state index in [1.807, 2.05) is 24.3 Å². The molecular formula is C16H16INO. The molecule has 0 heterocycles. The third-order valence-electron chi connectivity index (χ3n) is 3.31. The second-order valence-electron chi connectivity index (χ2n) is 4.89. The van der Waals surface area contributed by atoms with E-state index in [4.69, 9.17) is 10.5 Å². The van der Waals surface area contributed by atoms with Gasteiger partial charge in [0.1, 0.15) is 5.75 Å². The molecule has 0 bridgehead atoms. The topological polar surface area (TPSA) is 35.2 Å². The molecule has 0 aliphatic heterocycles. The first-order valence-electron chi connectivity index (χ1n) is 6.50. The van der Waals surface area contributed by atoms with Gasteiger partial charge in [-0.05, 0) is 64.8 Å². The molecule has 0 spiro atoms. The van der Waals surface area contributed by atoms with Crippen molar-refractivity contribution in [1.82, 2.24) is 0 Å². The number of benzene rings is 2. The quantitative estimate of drug-likeness (QED) is 0.835. The molecule has 19 heavy (non-hydrogen) atoms. The number of rotatable bonds is 4. The van der Waals surface area contributed by atoms with Gasteiger partial charge in [-0.1, -0.05) is 30.3 Å². The Balaban J connectivity index is 1.79. The van der Waals surface area contributed by atoms with Gasteiger partial charge in [-0.2, -0.15) is 0 Å². The van der Waals surface area contributed by atoms with E-state index in [-0.39, 0.29) is 6.04 Å². The highest BCUT2D eigenvalue weighted by Crippen LogP contribution is 2.29. The van der Waals surface area contributed by atoms with E-state index >= 15 is 0 Å². The maximum Gasteiger partial charge on any atom is 0.119 e. The summed E-state index contributed by atoms with van der Waals surface area (Å²) in [6, 6.07) is 16.3. The van der Waals surface area contributed by atoms with Crippen LogP contribution in [-0.4, -0.2) is 6.10 Å². The van der Waals surface area contributed by atoms with Crippen LogP contribution in [0.25, 0.3) is 0 Å². The monoisotopic (exact) mass is 365 g/mol. The van der Waals surface area contributed by atoms with Crippen molar-refractivity contribution in [3.63, 3.8) is 0 Å².